The van der Waals surface area contributed by atoms with Crippen LogP contribution in [0.1, 0.15) is 0 Å². The molecule has 0 aromatic rings. The van der Waals surface area contributed by atoms with Crippen molar-refractivity contribution in [2.24, 2.45) is 47.3 Å². The fourth-order valence-corrected chi connectivity index (χ4v) is 6.37. The number of aliphatic hydroxyl groups is 2. The molecule has 0 aromatic heterocycles. The molecule has 4 amide bonds. The van der Waals surface area contributed by atoms with Crippen LogP contribution in [-0.2, 0) is 19.2 Å². The smallest absolute Gasteiger partial charge is 0.233 e. The van der Waals surface area contributed by atoms with E-state index >= 15 is 0 Å². The van der Waals surface area contributed by atoms with Crippen molar-refractivity contribution in [3.63, 3.8) is 0 Å². The minimum Gasteiger partial charge on any atom is -0.395 e. The molecule has 8 nitrogen and oxygen atoms in total. The quantitative estimate of drug-likeness (QED) is 0.453. The van der Waals surface area contributed by atoms with Gasteiger partial charge in [-0.15, -0.1) is 0 Å². The van der Waals surface area contributed by atoms with Crippen LogP contribution in [0.25, 0.3) is 0 Å². The number of carbonyl (C=O) groups is 4. The topological polar surface area (TPSA) is 115 Å². The van der Waals surface area contributed by atoms with Gasteiger partial charge in [0.1, 0.15) is 0 Å². The van der Waals surface area contributed by atoms with E-state index in [4.69, 9.17) is 10.2 Å². The van der Waals surface area contributed by atoms with E-state index < -0.39 is 23.7 Å². The maximum Gasteiger partial charge on any atom is 0.233 e. The average Bonchev–Trinajstić information content (AvgIpc) is 2.97. The van der Waals surface area contributed by atoms with Crippen LogP contribution in [0.3, 0.4) is 0 Å². The van der Waals surface area contributed by atoms with Crippen molar-refractivity contribution in [3.8, 4) is 0 Å². The number of aliphatic hydroxyl groups excluding tert-OH is 2. The summed E-state index contributed by atoms with van der Waals surface area (Å²) in [6, 6.07) is 0. The highest BCUT2D eigenvalue weighted by Gasteiger charge is 2.74. The van der Waals surface area contributed by atoms with Gasteiger partial charge < -0.3 is 10.2 Å². The zero-order valence-corrected chi connectivity index (χ0v) is 14.0. The Hall–Kier alpha value is -2.06. The van der Waals surface area contributed by atoms with Crippen LogP contribution in [0.5, 0.6) is 0 Å². The van der Waals surface area contributed by atoms with E-state index in [2.05, 4.69) is 0 Å². The highest BCUT2D eigenvalue weighted by Crippen LogP contribution is 2.68. The summed E-state index contributed by atoms with van der Waals surface area (Å²) in [6.07, 6.45) is 3.90. The zero-order valence-electron chi connectivity index (χ0n) is 14.0. The lowest BCUT2D eigenvalue weighted by atomic mass is 9.40. The molecule has 0 aromatic carbocycles. The summed E-state index contributed by atoms with van der Waals surface area (Å²) < 4.78 is 0. The lowest BCUT2D eigenvalue weighted by Crippen LogP contribution is -2.63. The molecule has 2 saturated carbocycles. The molecule has 0 spiro atoms. The van der Waals surface area contributed by atoms with Crippen LogP contribution in [0.15, 0.2) is 12.2 Å². The van der Waals surface area contributed by atoms with Crippen molar-refractivity contribution in [1.82, 2.24) is 9.80 Å². The highest BCUT2D eigenvalue weighted by molar-refractivity contribution is 6.09. The molecule has 8 heteroatoms. The van der Waals surface area contributed by atoms with Crippen LogP contribution >= 0.6 is 0 Å². The van der Waals surface area contributed by atoms with Crippen molar-refractivity contribution < 1.29 is 29.4 Å². The van der Waals surface area contributed by atoms with E-state index in [1.807, 2.05) is 12.2 Å². The molecule has 0 radical (unpaired) electrons. The molecule has 2 unspecified atom stereocenters. The van der Waals surface area contributed by atoms with Gasteiger partial charge >= 0.3 is 0 Å². The van der Waals surface area contributed by atoms with E-state index in [1.54, 1.807) is 0 Å². The highest BCUT2D eigenvalue weighted by atomic mass is 16.3. The second-order valence-corrected chi connectivity index (χ2v) is 7.90. The van der Waals surface area contributed by atoms with Gasteiger partial charge in [-0.2, -0.15) is 0 Å². The Bertz CT molecular complexity index is 707. The minimum atomic E-state index is -0.485. The van der Waals surface area contributed by atoms with Crippen LogP contribution in [0.4, 0.5) is 0 Å². The van der Waals surface area contributed by atoms with Crippen LogP contribution < -0.4 is 0 Å². The molecule has 6 aliphatic rings. The Morgan fingerprint density at radius 2 is 1.00 bits per heavy atom. The third kappa shape index (κ3) is 1.63. The predicted octanol–water partition coefficient (Wildman–Crippen LogP) is -1.76. The number of β-amino-alcohol motifs (C(OH)–C–C–N with tert-alkyl or cyclic N) is 2. The van der Waals surface area contributed by atoms with E-state index in [9.17, 15) is 19.2 Å². The Morgan fingerprint density at radius 3 is 1.35 bits per heavy atom. The lowest BCUT2D eigenvalue weighted by molar-refractivity contribution is -0.166. The molecule has 6 rings (SSSR count). The average molecular weight is 360 g/mol. The third-order valence-electron chi connectivity index (χ3n) is 7.17. The molecule has 2 bridgehead atoms. The third-order valence-corrected chi connectivity index (χ3v) is 7.17. The predicted molar refractivity (Wildman–Crippen MR) is 84.7 cm³/mol. The van der Waals surface area contributed by atoms with Gasteiger partial charge in [0, 0.05) is 0 Å². The number of hydrogen-bond acceptors (Lipinski definition) is 6. The summed E-state index contributed by atoms with van der Waals surface area (Å²) in [7, 11) is 0. The van der Waals surface area contributed by atoms with Crippen LogP contribution in [0, 0.1) is 47.3 Å². The van der Waals surface area contributed by atoms with Gasteiger partial charge in [0.05, 0.1) is 50.0 Å². The van der Waals surface area contributed by atoms with Gasteiger partial charge in [0.25, 0.3) is 0 Å². The second-order valence-electron chi connectivity index (χ2n) is 7.90. The van der Waals surface area contributed by atoms with E-state index in [0.717, 1.165) is 9.80 Å². The summed E-state index contributed by atoms with van der Waals surface area (Å²) in [6.45, 7) is -0.545. The maximum atomic E-state index is 12.8. The second kappa shape index (κ2) is 5.23. The number of rotatable bonds is 4. The first-order chi connectivity index (χ1) is 12.5. The fraction of sp³-hybridized carbons (Fsp3) is 0.667. The number of fused-ring (bicyclic) bond motifs is 1. The molecule has 2 aliphatic heterocycles. The minimum absolute atomic E-state index is 0.00185. The molecule has 26 heavy (non-hydrogen) atoms. The molecule has 2 heterocycles. The molecule has 2 saturated heterocycles. The van der Waals surface area contributed by atoms with Gasteiger partial charge in [-0.05, 0) is 23.7 Å². The van der Waals surface area contributed by atoms with Gasteiger partial charge in [-0.25, -0.2) is 0 Å². The lowest BCUT2D eigenvalue weighted by Gasteiger charge is -2.60. The number of likely N-dealkylation sites (tertiary alicyclic amines) is 2. The first-order valence-electron chi connectivity index (χ1n) is 9.13. The Morgan fingerprint density at radius 1 is 0.654 bits per heavy atom. The molecule has 4 fully saturated rings. The van der Waals surface area contributed by atoms with Crippen LogP contribution in [0.2, 0.25) is 0 Å². The van der Waals surface area contributed by atoms with E-state index in [-0.39, 0.29) is 73.6 Å². The van der Waals surface area contributed by atoms with E-state index in [1.165, 1.54) is 0 Å². The number of carbonyl (C=O) groups excluding carboxylic acids is 4. The van der Waals surface area contributed by atoms with E-state index in [0.29, 0.717) is 0 Å². The normalized spacial score (nSPS) is 45.2. The fourth-order valence-electron chi connectivity index (χ4n) is 6.37. The number of hydrogen-bond donors (Lipinski definition) is 2. The van der Waals surface area contributed by atoms with Gasteiger partial charge in [-0.1, -0.05) is 12.2 Å². The number of amides is 4. The van der Waals surface area contributed by atoms with Crippen molar-refractivity contribution in [2.45, 2.75) is 0 Å². The van der Waals surface area contributed by atoms with Crippen molar-refractivity contribution in [3.05, 3.63) is 12.2 Å². The Kier molecular flexibility index (Phi) is 3.25. The number of imide groups is 2. The number of allylic oxidation sites excluding steroid dienone is 2. The largest absolute Gasteiger partial charge is 0.395 e. The van der Waals surface area contributed by atoms with Crippen LogP contribution in [-0.4, -0.2) is 69.9 Å². The first kappa shape index (κ1) is 16.1. The molecular formula is C18H20N2O6. The molecule has 4 aliphatic carbocycles. The Labute approximate surface area is 149 Å². The molecule has 8 atom stereocenters. The summed E-state index contributed by atoms with van der Waals surface area (Å²) in [5, 5.41) is 18.3. The Balaban J connectivity index is 1.51. The summed E-state index contributed by atoms with van der Waals surface area (Å²) >= 11 is 0. The van der Waals surface area contributed by atoms with Gasteiger partial charge in [0.15, 0.2) is 0 Å². The monoisotopic (exact) mass is 360 g/mol. The first-order valence-corrected chi connectivity index (χ1v) is 9.13. The van der Waals surface area contributed by atoms with Crippen molar-refractivity contribution in [1.29, 1.82) is 0 Å². The zero-order chi connectivity index (χ0) is 18.3. The SMILES string of the molecule is O=C1[C@@H]2[C@@H]3C=CC(C4[C@H]3[C@H]3C(=O)N(CCO)C(=O)[C@@H]43)[C@@H]2C(=O)N1CCO. The summed E-state index contributed by atoms with van der Waals surface area (Å²) in [5.74, 6) is -3.51. The summed E-state index contributed by atoms with van der Waals surface area (Å²) in [5.41, 5.74) is 0. The maximum absolute atomic E-state index is 12.8. The summed E-state index contributed by atoms with van der Waals surface area (Å²) in [4.78, 5) is 53.2. The van der Waals surface area contributed by atoms with Crippen molar-refractivity contribution >= 4 is 23.6 Å². The van der Waals surface area contributed by atoms with Gasteiger partial charge in [-0.3, -0.25) is 29.0 Å². The molecule has 138 valence electrons. The van der Waals surface area contributed by atoms with Gasteiger partial charge in [0.2, 0.25) is 23.6 Å². The van der Waals surface area contributed by atoms with Crippen molar-refractivity contribution in [2.75, 3.05) is 26.3 Å². The molecular weight excluding hydrogens is 340 g/mol. The number of nitrogens with zero attached hydrogens (tertiary/aromatic N) is 2. The molecule has 2 N–H and O–H groups in total. The standard InChI is InChI=1S/C18H20N2O6/c21-5-3-19-15(23)11-7-1-2-8(12(11)16(19)24)10-9(7)13-14(10)18(26)20(4-6-22)17(13)25/h1-2,7-14,21-22H,3-6H2/t7-,8?,9+,10?,11-,12+,13-,14+/m1/s1.